The Morgan fingerprint density at radius 3 is 2.59 bits per heavy atom. The molecule has 1 rings (SSSR count). The van der Waals surface area contributed by atoms with Gasteiger partial charge in [0.2, 0.25) is 5.91 Å². The molecule has 1 N–H and O–H groups in total. The molecule has 1 aromatic carbocycles. The van der Waals surface area contributed by atoms with Gasteiger partial charge in [-0.05, 0) is 12.1 Å². The molecule has 6 nitrogen and oxygen atoms in total. The monoisotopic (exact) mass is 246 g/mol. The average molecular weight is 246 g/mol. The van der Waals surface area contributed by atoms with Gasteiger partial charge in [0, 0.05) is 6.92 Å². The Morgan fingerprint density at radius 2 is 2.06 bits per heavy atom. The zero-order valence-corrected chi connectivity index (χ0v) is 8.65. The lowest BCUT2D eigenvalue weighted by Gasteiger charge is -2.12. The molecule has 8 heteroatoms. The molecule has 0 aliphatic heterocycles. The number of carbonyl (C=O) groups is 1. The number of para-hydroxylation sites is 2. The smallest absolute Gasteiger partial charge is 0.371 e. The van der Waals surface area contributed by atoms with Crippen molar-refractivity contribution in [2.75, 3.05) is 5.32 Å². The van der Waals surface area contributed by atoms with Gasteiger partial charge in [0.15, 0.2) is 5.75 Å². The Labute approximate surface area is 94.3 Å². The van der Waals surface area contributed by atoms with E-state index in [9.17, 15) is 23.7 Å². The number of nitro groups is 1. The van der Waals surface area contributed by atoms with Gasteiger partial charge in [-0.15, -0.1) is 0 Å². The quantitative estimate of drug-likeness (QED) is 0.380. The number of ether oxygens (including phenoxy) is 1. The van der Waals surface area contributed by atoms with E-state index in [1.807, 2.05) is 0 Å². The summed E-state index contributed by atoms with van der Waals surface area (Å²) < 4.78 is 29.4. The third kappa shape index (κ3) is 3.37. The van der Waals surface area contributed by atoms with Gasteiger partial charge >= 0.3 is 6.23 Å². The van der Waals surface area contributed by atoms with Crippen LogP contribution >= 0.6 is 0 Å². The van der Waals surface area contributed by atoms with E-state index in [1.54, 1.807) is 0 Å². The van der Waals surface area contributed by atoms with E-state index in [-0.39, 0.29) is 5.69 Å². The highest BCUT2D eigenvalue weighted by atomic mass is 19.3. The van der Waals surface area contributed by atoms with Gasteiger partial charge in [0.25, 0.3) is 0 Å². The van der Waals surface area contributed by atoms with E-state index in [1.165, 1.54) is 25.1 Å². The maximum absolute atomic E-state index is 12.7. The van der Waals surface area contributed by atoms with E-state index in [0.29, 0.717) is 0 Å². The molecular weight excluding hydrogens is 238 g/mol. The first kappa shape index (κ1) is 12.8. The number of hydrogen-bond acceptors (Lipinski definition) is 4. The largest absolute Gasteiger partial charge is 0.698 e. The lowest BCUT2D eigenvalue weighted by Crippen LogP contribution is -2.34. The SMILES string of the molecule is CC(=O)Nc1ccccc1OC(F)(F)[N+](=O)[O-]. The maximum Gasteiger partial charge on any atom is 0.698 e. The van der Waals surface area contributed by atoms with E-state index in [0.717, 1.165) is 6.07 Å². The standard InChI is InChI=1S/C9H8F2N2O4/c1-6(14)12-7-4-2-3-5-8(7)17-9(10,11)13(15)16/h2-5H,1H3,(H,12,14). The molecular formula is C9H8F2N2O4. The average Bonchev–Trinajstić information content (AvgIpc) is 2.19. The first-order valence-corrected chi connectivity index (χ1v) is 4.41. The Hall–Kier alpha value is -2.25. The second kappa shape index (κ2) is 4.73. The molecule has 0 aromatic heterocycles. The molecule has 0 aliphatic rings. The highest BCUT2D eigenvalue weighted by Gasteiger charge is 2.49. The van der Waals surface area contributed by atoms with Crippen molar-refractivity contribution in [2.24, 2.45) is 0 Å². The lowest BCUT2D eigenvalue weighted by atomic mass is 10.3. The summed E-state index contributed by atoms with van der Waals surface area (Å²) in [6, 6.07) is 5.18. The first-order valence-electron chi connectivity index (χ1n) is 4.41. The molecule has 0 fully saturated rings. The Kier molecular flexibility index (Phi) is 3.56. The fraction of sp³-hybridized carbons (Fsp3) is 0.222. The van der Waals surface area contributed by atoms with Gasteiger partial charge in [-0.25, -0.2) is 0 Å². The summed E-state index contributed by atoms with van der Waals surface area (Å²) in [5, 5.41) is 12.2. The summed E-state index contributed by atoms with van der Waals surface area (Å²) in [6.07, 6.45) is -4.55. The van der Waals surface area contributed by atoms with Crippen LogP contribution in [0, 0.1) is 10.1 Å². The van der Waals surface area contributed by atoms with Crippen molar-refractivity contribution in [3.05, 3.63) is 34.4 Å². The van der Waals surface area contributed by atoms with Gasteiger partial charge in [0.1, 0.15) is 4.92 Å². The molecule has 0 heterocycles. The molecule has 0 unspecified atom stereocenters. The van der Waals surface area contributed by atoms with Gasteiger partial charge in [-0.3, -0.25) is 14.9 Å². The number of benzene rings is 1. The number of halogens is 2. The van der Waals surface area contributed by atoms with Crippen molar-refractivity contribution < 1.29 is 23.2 Å². The molecule has 1 amide bonds. The number of alkyl halides is 2. The minimum atomic E-state index is -4.55. The van der Waals surface area contributed by atoms with Crippen molar-refractivity contribution in [1.82, 2.24) is 0 Å². The van der Waals surface area contributed by atoms with Crippen LogP contribution in [0.1, 0.15) is 6.92 Å². The number of carbonyl (C=O) groups excluding carboxylic acids is 1. The van der Waals surface area contributed by atoms with Crippen LogP contribution in [0.15, 0.2) is 24.3 Å². The van der Waals surface area contributed by atoms with Crippen molar-refractivity contribution in [3.63, 3.8) is 0 Å². The summed E-state index contributed by atoms with van der Waals surface area (Å²) in [7, 11) is 0. The summed E-state index contributed by atoms with van der Waals surface area (Å²) in [5.74, 6) is -0.991. The molecule has 1 aromatic rings. The molecule has 0 radical (unpaired) electrons. The van der Waals surface area contributed by atoms with Crippen LogP contribution < -0.4 is 10.1 Å². The predicted octanol–water partition coefficient (Wildman–Crippen LogP) is 1.85. The minimum absolute atomic E-state index is 0.0680. The minimum Gasteiger partial charge on any atom is -0.371 e. The summed E-state index contributed by atoms with van der Waals surface area (Å²) in [4.78, 5) is 18.9. The maximum atomic E-state index is 12.7. The first-order chi connectivity index (χ1) is 7.83. The zero-order valence-electron chi connectivity index (χ0n) is 8.65. The number of amides is 1. The molecule has 0 atom stereocenters. The van der Waals surface area contributed by atoms with E-state index in [4.69, 9.17) is 0 Å². The Morgan fingerprint density at radius 1 is 1.47 bits per heavy atom. The van der Waals surface area contributed by atoms with Crippen LogP contribution in [0.25, 0.3) is 0 Å². The van der Waals surface area contributed by atoms with Gasteiger partial charge < -0.3 is 10.1 Å². The Balaban J connectivity index is 2.98. The molecule has 0 saturated heterocycles. The third-order valence-corrected chi connectivity index (χ3v) is 1.64. The zero-order chi connectivity index (χ0) is 13.1. The van der Waals surface area contributed by atoms with Crippen LogP contribution in [0.4, 0.5) is 14.5 Å². The second-order valence-electron chi connectivity index (χ2n) is 3.02. The number of rotatable bonds is 4. The molecule has 0 spiro atoms. The summed E-state index contributed by atoms with van der Waals surface area (Å²) >= 11 is 0. The van der Waals surface area contributed by atoms with Crippen LogP contribution in [-0.2, 0) is 4.79 Å². The molecule has 17 heavy (non-hydrogen) atoms. The second-order valence-corrected chi connectivity index (χ2v) is 3.02. The fourth-order valence-corrected chi connectivity index (χ4v) is 1.02. The van der Waals surface area contributed by atoms with E-state index >= 15 is 0 Å². The number of nitrogens with one attached hydrogen (secondary N) is 1. The summed E-state index contributed by atoms with van der Waals surface area (Å²) in [6.45, 7) is 1.17. The van der Waals surface area contributed by atoms with Gasteiger partial charge in [0.05, 0.1) is 5.69 Å². The van der Waals surface area contributed by atoms with Crippen LogP contribution in [0.3, 0.4) is 0 Å². The molecule has 0 saturated carbocycles. The van der Waals surface area contributed by atoms with Crippen molar-refractivity contribution in [3.8, 4) is 5.75 Å². The highest BCUT2D eigenvalue weighted by Crippen LogP contribution is 2.29. The van der Waals surface area contributed by atoms with Crippen LogP contribution in [-0.4, -0.2) is 17.1 Å². The number of anilines is 1. The molecule has 0 bridgehead atoms. The van der Waals surface area contributed by atoms with Gasteiger partial charge in [-0.1, -0.05) is 20.9 Å². The summed E-state index contributed by atoms with van der Waals surface area (Å²) in [5.41, 5.74) is -0.0680. The van der Waals surface area contributed by atoms with E-state index < -0.39 is 22.8 Å². The van der Waals surface area contributed by atoms with Crippen molar-refractivity contribution in [2.45, 2.75) is 13.2 Å². The highest BCUT2D eigenvalue weighted by molar-refractivity contribution is 5.90. The third-order valence-electron chi connectivity index (χ3n) is 1.64. The Bertz CT molecular complexity index is 450. The topological polar surface area (TPSA) is 81.5 Å². The van der Waals surface area contributed by atoms with Crippen molar-refractivity contribution in [1.29, 1.82) is 0 Å². The fourth-order valence-electron chi connectivity index (χ4n) is 1.02. The van der Waals surface area contributed by atoms with Gasteiger partial charge in [-0.2, -0.15) is 0 Å². The van der Waals surface area contributed by atoms with Crippen LogP contribution in [0.2, 0.25) is 0 Å². The van der Waals surface area contributed by atoms with Crippen LogP contribution in [0.5, 0.6) is 5.75 Å². The lowest BCUT2D eigenvalue weighted by molar-refractivity contribution is -0.694. The predicted molar refractivity (Wildman–Crippen MR) is 53.3 cm³/mol. The number of hydrogen-bond donors (Lipinski definition) is 1. The van der Waals surface area contributed by atoms with Crippen molar-refractivity contribution >= 4 is 11.6 Å². The van der Waals surface area contributed by atoms with E-state index in [2.05, 4.69) is 10.1 Å². The molecule has 0 aliphatic carbocycles. The molecule has 92 valence electrons. The normalized spacial score (nSPS) is 10.8. The number of nitrogens with zero attached hydrogens (tertiary/aromatic N) is 1.